The molecule has 0 aliphatic carbocycles. The fourth-order valence-corrected chi connectivity index (χ4v) is 0. The molecule has 0 aromatic rings. The van der Waals surface area contributed by atoms with Gasteiger partial charge in [-0.15, -0.1) is 0 Å². The van der Waals surface area contributed by atoms with Crippen LogP contribution in [0, 0.1) is 142 Å². The molecule has 0 N–H and O–H groups in total. The van der Waals surface area contributed by atoms with Crippen LogP contribution in [-0.2, 0) is 55.2 Å². The summed E-state index contributed by atoms with van der Waals surface area (Å²) in [7, 11) is 0. The molecule has 0 aromatic carbocycles. The first kappa shape index (κ1) is 182. The summed E-state index contributed by atoms with van der Waals surface area (Å²) in [6, 6.07) is 0. The molecule has 0 unspecified atom stereocenters. The van der Waals surface area contributed by atoms with Crippen LogP contribution in [0.25, 0.3) is 0 Å². The maximum absolute atomic E-state index is 6.25. The third-order valence-corrected chi connectivity index (χ3v) is 0. The maximum atomic E-state index is 6.25. The van der Waals surface area contributed by atoms with Crippen LogP contribution in [0.3, 0.4) is 0 Å². The van der Waals surface area contributed by atoms with E-state index in [1.54, 1.807) is 0 Å². The topological polar surface area (TPSA) is 285 Å². The monoisotopic (exact) mass is 608 g/mol. The fourth-order valence-electron chi connectivity index (χ4n) is 0. The summed E-state index contributed by atoms with van der Waals surface area (Å²) in [5, 5.41) is 75.0. The van der Waals surface area contributed by atoms with Crippen LogP contribution >= 0.6 is 0 Å². The first-order valence-electron chi connectivity index (χ1n) is 2.68. The molecule has 2 radical (unpaired) electrons. The second-order valence-corrected chi connectivity index (χ2v) is 0. The maximum Gasteiger partial charge on any atom is 3.00 e. The summed E-state index contributed by atoms with van der Waals surface area (Å²) in [6.07, 6.45) is 0. The van der Waals surface area contributed by atoms with Gasteiger partial charge in [0.15, 0.2) is 0 Å². The van der Waals surface area contributed by atoms with Crippen LogP contribution in [0.4, 0.5) is 0 Å². The van der Waals surface area contributed by atoms with Crippen LogP contribution in [0.15, 0.2) is 0 Å². The second-order valence-electron chi connectivity index (χ2n) is 0. The van der Waals surface area contributed by atoms with Gasteiger partial charge in [-0.05, 0) is 0 Å². The third kappa shape index (κ3) is 430. The molecule has 0 spiro atoms. The van der Waals surface area contributed by atoms with Gasteiger partial charge in [-0.25, -0.2) is 0 Å². The van der Waals surface area contributed by atoms with Crippen LogP contribution in [0.5, 0.6) is 0 Å². The van der Waals surface area contributed by atoms with E-state index in [1.807, 2.05) is 0 Å². The molecule has 0 saturated carbocycles. The van der Waals surface area contributed by atoms with E-state index in [4.69, 9.17) is 142 Å². The van der Waals surface area contributed by atoms with E-state index >= 15 is 0 Å². The predicted molar refractivity (Wildman–Crippen MR) is 59.6 cm³/mol. The van der Waals surface area contributed by atoms with Crippen molar-refractivity contribution in [3.63, 3.8) is 0 Å². The minimum atomic E-state index is 0. The molecule has 136 valence electrons. The molecule has 0 heterocycles. The average Bonchev–Trinajstić information content (AvgIpc) is 2.84. The normalized spacial score (nSPS) is 0.889. The molecular formula is C12Fe2N12W-6. The standard InChI is InChI=1S/12CN.2Fe.W/c12*1-2;;;/q12*-1;2*+3;. The van der Waals surface area contributed by atoms with E-state index in [2.05, 4.69) is 0 Å². The molecule has 0 fully saturated rings. The van der Waals surface area contributed by atoms with Gasteiger partial charge in [0.25, 0.3) is 0 Å². The van der Waals surface area contributed by atoms with Crippen LogP contribution < -0.4 is 0 Å². The van der Waals surface area contributed by atoms with Gasteiger partial charge in [-0.3, -0.25) is 0 Å². The SMILES string of the molecule is [C-]#N.[C-]#N.[C-]#N.[C-]#N.[C-]#N.[C-]#N.[C-]#N.[C-]#N.[C-]#N.[C-]#N.[C-]#N.[C-]#N.[Fe+3].[Fe+3].[W]. The molecule has 12 nitrogen and oxygen atoms in total. The van der Waals surface area contributed by atoms with Crippen LogP contribution in [0.1, 0.15) is 0 Å². The summed E-state index contributed by atoms with van der Waals surface area (Å²) < 4.78 is 0. The first-order valence-corrected chi connectivity index (χ1v) is 2.68. The van der Waals surface area contributed by atoms with Crippen molar-refractivity contribution in [1.29, 1.82) is 63.1 Å². The van der Waals surface area contributed by atoms with Crippen molar-refractivity contribution in [3.05, 3.63) is 78.9 Å². The smallest absolute Gasteiger partial charge is 0.512 e. The Morgan fingerprint density at radius 3 is 0.185 bits per heavy atom. The van der Waals surface area contributed by atoms with Crippen molar-refractivity contribution in [3.8, 4) is 0 Å². The first-order chi connectivity index (χ1) is 12.0. The van der Waals surface area contributed by atoms with Gasteiger partial charge < -0.3 is 142 Å². The molecule has 0 aromatic heterocycles. The molecule has 0 rings (SSSR count). The van der Waals surface area contributed by atoms with E-state index in [9.17, 15) is 0 Å². The quantitative estimate of drug-likeness (QED) is 0.277. The van der Waals surface area contributed by atoms with Crippen molar-refractivity contribution >= 4 is 0 Å². The largest absolute Gasteiger partial charge is 3.00 e. The number of rotatable bonds is 0. The molecule has 0 saturated heterocycles. The van der Waals surface area contributed by atoms with Gasteiger partial charge in [0.2, 0.25) is 0 Å². The predicted octanol–water partition coefficient (Wildman–Crippen LogP) is 1.15. The molecule has 0 bridgehead atoms. The number of nitrogens with zero attached hydrogens (tertiary/aromatic N) is 12. The molecule has 15 heteroatoms. The third-order valence-electron chi connectivity index (χ3n) is 0. The Hall–Kier alpha value is -4.39. The van der Waals surface area contributed by atoms with E-state index < -0.39 is 0 Å². The molecule has 0 amide bonds. The number of hydrogen-bond acceptors (Lipinski definition) is 12. The Balaban J connectivity index is -0.00000000443. The molecule has 0 aliphatic rings. The average molecular weight is 608 g/mol. The Bertz CT molecular complexity index is 226. The Morgan fingerprint density at radius 1 is 0.185 bits per heavy atom. The van der Waals surface area contributed by atoms with Gasteiger partial charge in [-0.2, -0.15) is 0 Å². The van der Waals surface area contributed by atoms with Crippen molar-refractivity contribution < 1.29 is 55.2 Å². The summed E-state index contributed by atoms with van der Waals surface area (Å²) in [5.74, 6) is 0. The zero-order valence-electron chi connectivity index (χ0n) is 12.5. The van der Waals surface area contributed by atoms with Gasteiger partial charge in [0.1, 0.15) is 0 Å². The van der Waals surface area contributed by atoms with Crippen LogP contribution in [-0.4, -0.2) is 0 Å². The van der Waals surface area contributed by atoms with Gasteiger partial charge in [0.05, 0.1) is 0 Å². The molecule has 0 atom stereocenters. The zero-order valence-corrected chi connectivity index (χ0v) is 17.6. The van der Waals surface area contributed by atoms with E-state index in [-0.39, 0.29) is 55.2 Å². The van der Waals surface area contributed by atoms with Gasteiger partial charge >= 0.3 is 34.1 Å². The summed E-state index contributed by atoms with van der Waals surface area (Å²) in [5.41, 5.74) is 0. The molecular weight excluding hydrogens is 608 g/mol. The van der Waals surface area contributed by atoms with Crippen molar-refractivity contribution in [2.75, 3.05) is 0 Å². The minimum Gasteiger partial charge on any atom is -0.512 e. The Labute approximate surface area is 196 Å². The summed E-state index contributed by atoms with van der Waals surface area (Å²) >= 11 is 0. The van der Waals surface area contributed by atoms with Crippen LogP contribution in [0.2, 0.25) is 0 Å². The van der Waals surface area contributed by atoms with Gasteiger partial charge in [-0.1, -0.05) is 0 Å². The van der Waals surface area contributed by atoms with Crippen molar-refractivity contribution in [1.82, 2.24) is 0 Å². The second kappa shape index (κ2) is 476. The van der Waals surface area contributed by atoms with E-state index in [0.29, 0.717) is 0 Å². The summed E-state index contributed by atoms with van der Waals surface area (Å²) in [4.78, 5) is 0. The van der Waals surface area contributed by atoms with Gasteiger partial charge in [0, 0.05) is 21.1 Å². The van der Waals surface area contributed by atoms with E-state index in [0.717, 1.165) is 0 Å². The van der Waals surface area contributed by atoms with Crippen molar-refractivity contribution in [2.45, 2.75) is 0 Å². The molecule has 0 aliphatic heterocycles. The number of hydrogen-bond donors (Lipinski definition) is 0. The Morgan fingerprint density at radius 2 is 0.185 bits per heavy atom. The minimum absolute atomic E-state index is 0. The summed E-state index contributed by atoms with van der Waals surface area (Å²) in [6.45, 7) is 57.0. The molecule has 27 heavy (non-hydrogen) atoms. The van der Waals surface area contributed by atoms with Crippen molar-refractivity contribution in [2.24, 2.45) is 0 Å². The Kier molecular flexibility index (Phi) is 3210. The fraction of sp³-hybridized carbons (Fsp3) is 0. The van der Waals surface area contributed by atoms with E-state index in [1.165, 1.54) is 0 Å². The zero-order chi connectivity index (χ0) is 24.0.